The number of hydrogen-bond donors (Lipinski definition) is 0. The highest BCUT2D eigenvalue weighted by Crippen LogP contribution is 2.22. The maximum Gasteiger partial charge on any atom is 0.246 e. The second-order valence-corrected chi connectivity index (χ2v) is 4.24. The molecule has 4 heteroatoms. The van der Waals surface area contributed by atoms with Crippen molar-refractivity contribution >= 4 is 5.91 Å². The van der Waals surface area contributed by atoms with Crippen LogP contribution in [0.4, 0.5) is 0 Å². The molecule has 1 fully saturated rings. The third kappa shape index (κ3) is 3.61. The van der Waals surface area contributed by atoms with Crippen molar-refractivity contribution in [3.05, 3.63) is 12.2 Å². The second kappa shape index (κ2) is 5.46. The zero-order chi connectivity index (χ0) is 12.2. The molecule has 0 spiro atoms. The van der Waals surface area contributed by atoms with E-state index in [1.807, 2.05) is 27.7 Å². The van der Waals surface area contributed by atoms with Crippen LogP contribution in [0.15, 0.2) is 12.2 Å². The summed E-state index contributed by atoms with van der Waals surface area (Å²) in [5.41, 5.74) is 0. The Morgan fingerprint density at radius 1 is 1.44 bits per heavy atom. The van der Waals surface area contributed by atoms with Gasteiger partial charge in [-0.25, -0.2) is 0 Å². The van der Waals surface area contributed by atoms with E-state index in [0.717, 1.165) is 13.1 Å². The van der Waals surface area contributed by atoms with Gasteiger partial charge in [-0.15, -0.1) is 0 Å². The standard InChI is InChI=1S/C12H21NO3/c1-5-13(6-2)11(14)8-7-10-9-15-12(3,4)16-10/h7-8,10H,5-6,9H2,1-4H3/b8-7+. The number of carbonyl (C=O) groups excluding carboxylic acids is 1. The number of nitrogens with zero attached hydrogens (tertiary/aromatic N) is 1. The maximum absolute atomic E-state index is 11.7. The van der Waals surface area contributed by atoms with Crippen LogP contribution in [0.5, 0.6) is 0 Å². The molecule has 1 heterocycles. The summed E-state index contributed by atoms with van der Waals surface area (Å²) in [6, 6.07) is 0. The quantitative estimate of drug-likeness (QED) is 0.684. The molecular formula is C12H21NO3. The van der Waals surface area contributed by atoms with Crippen molar-refractivity contribution in [2.45, 2.75) is 39.6 Å². The zero-order valence-electron chi connectivity index (χ0n) is 10.5. The number of rotatable bonds is 4. The lowest BCUT2D eigenvalue weighted by Gasteiger charge is -2.17. The fourth-order valence-electron chi connectivity index (χ4n) is 1.64. The van der Waals surface area contributed by atoms with Gasteiger partial charge in [-0.2, -0.15) is 0 Å². The molecule has 1 aliphatic rings. The molecule has 1 atom stereocenters. The topological polar surface area (TPSA) is 38.8 Å². The Hall–Kier alpha value is -0.870. The van der Waals surface area contributed by atoms with Crippen LogP contribution in [-0.2, 0) is 14.3 Å². The number of ether oxygens (including phenoxy) is 2. The summed E-state index contributed by atoms with van der Waals surface area (Å²) in [6.45, 7) is 9.64. The van der Waals surface area contributed by atoms with Gasteiger partial charge in [0.05, 0.1) is 6.61 Å². The van der Waals surface area contributed by atoms with E-state index >= 15 is 0 Å². The van der Waals surface area contributed by atoms with Gasteiger partial charge >= 0.3 is 0 Å². The lowest BCUT2D eigenvalue weighted by atomic mass is 10.3. The van der Waals surface area contributed by atoms with E-state index < -0.39 is 5.79 Å². The molecular weight excluding hydrogens is 206 g/mol. The van der Waals surface area contributed by atoms with Crippen molar-refractivity contribution < 1.29 is 14.3 Å². The Balaban J connectivity index is 2.45. The van der Waals surface area contributed by atoms with Gasteiger partial charge in [0.2, 0.25) is 5.91 Å². The van der Waals surface area contributed by atoms with Crippen LogP contribution in [0.3, 0.4) is 0 Å². The molecule has 0 bridgehead atoms. The van der Waals surface area contributed by atoms with Crippen LogP contribution in [0.1, 0.15) is 27.7 Å². The Bertz CT molecular complexity index is 269. The molecule has 4 nitrogen and oxygen atoms in total. The lowest BCUT2D eigenvalue weighted by Crippen LogP contribution is -2.29. The Morgan fingerprint density at radius 2 is 2.06 bits per heavy atom. The molecule has 1 saturated heterocycles. The molecule has 1 aliphatic heterocycles. The molecule has 0 aromatic rings. The molecule has 1 rings (SSSR count). The third-order valence-electron chi connectivity index (χ3n) is 2.56. The molecule has 0 N–H and O–H groups in total. The van der Waals surface area contributed by atoms with Crippen LogP contribution in [0.25, 0.3) is 0 Å². The van der Waals surface area contributed by atoms with E-state index in [0.29, 0.717) is 6.61 Å². The van der Waals surface area contributed by atoms with Gasteiger partial charge < -0.3 is 14.4 Å². The number of amides is 1. The van der Waals surface area contributed by atoms with E-state index in [4.69, 9.17) is 9.47 Å². The third-order valence-corrected chi connectivity index (χ3v) is 2.56. The summed E-state index contributed by atoms with van der Waals surface area (Å²) in [7, 11) is 0. The minimum absolute atomic E-state index is 0.0262. The van der Waals surface area contributed by atoms with Gasteiger partial charge in [0.25, 0.3) is 0 Å². The van der Waals surface area contributed by atoms with Crippen molar-refractivity contribution in [2.24, 2.45) is 0 Å². The van der Waals surface area contributed by atoms with E-state index in [1.54, 1.807) is 17.1 Å². The van der Waals surface area contributed by atoms with Crippen LogP contribution < -0.4 is 0 Å². The number of hydrogen-bond acceptors (Lipinski definition) is 3. The highest BCUT2D eigenvalue weighted by atomic mass is 16.7. The van der Waals surface area contributed by atoms with Gasteiger partial charge in [0.15, 0.2) is 5.79 Å². The predicted octanol–water partition coefficient (Wildman–Crippen LogP) is 1.56. The van der Waals surface area contributed by atoms with Crippen molar-refractivity contribution in [2.75, 3.05) is 19.7 Å². The van der Waals surface area contributed by atoms with E-state index in [1.165, 1.54) is 0 Å². The molecule has 0 aromatic heterocycles. The van der Waals surface area contributed by atoms with Gasteiger partial charge in [-0.05, 0) is 33.8 Å². The van der Waals surface area contributed by atoms with Crippen molar-refractivity contribution in [1.29, 1.82) is 0 Å². The summed E-state index contributed by atoms with van der Waals surface area (Å²) in [6.07, 6.45) is 3.23. The van der Waals surface area contributed by atoms with Gasteiger partial charge in [0, 0.05) is 19.2 Å². The van der Waals surface area contributed by atoms with Crippen LogP contribution in [-0.4, -0.2) is 42.4 Å². The molecule has 92 valence electrons. The van der Waals surface area contributed by atoms with Crippen LogP contribution in [0, 0.1) is 0 Å². The summed E-state index contributed by atoms with van der Waals surface area (Å²) in [5.74, 6) is -0.508. The second-order valence-electron chi connectivity index (χ2n) is 4.24. The largest absolute Gasteiger partial charge is 0.347 e. The summed E-state index contributed by atoms with van der Waals surface area (Å²) in [4.78, 5) is 13.4. The summed E-state index contributed by atoms with van der Waals surface area (Å²) < 4.78 is 11.0. The Kier molecular flexibility index (Phi) is 4.50. The highest BCUT2D eigenvalue weighted by molar-refractivity contribution is 5.87. The fourth-order valence-corrected chi connectivity index (χ4v) is 1.64. The Labute approximate surface area is 97.2 Å². The van der Waals surface area contributed by atoms with Gasteiger partial charge in [0.1, 0.15) is 6.10 Å². The molecule has 0 saturated carbocycles. The SMILES string of the molecule is CCN(CC)C(=O)/C=C/C1COC(C)(C)O1. The average molecular weight is 227 g/mol. The first-order valence-electron chi connectivity index (χ1n) is 5.77. The van der Waals surface area contributed by atoms with Crippen molar-refractivity contribution in [1.82, 2.24) is 4.90 Å². The first-order valence-corrected chi connectivity index (χ1v) is 5.77. The summed E-state index contributed by atoms with van der Waals surface area (Å²) in [5, 5.41) is 0. The monoisotopic (exact) mass is 227 g/mol. The number of likely N-dealkylation sites (N-methyl/N-ethyl adjacent to an activating group) is 1. The maximum atomic E-state index is 11.7. The molecule has 1 unspecified atom stereocenters. The van der Waals surface area contributed by atoms with Gasteiger partial charge in [-0.1, -0.05) is 0 Å². The lowest BCUT2D eigenvalue weighted by molar-refractivity contribution is -0.133. The first-order chi connectivity index (χ1) is 7.48. The molecule has 16 heavy (non-hydrogen) atoms. The van der Waals surface area contributed by atoms with E-state index in [-0.39, 0.29) is 12.0 Å². The zero-order valence-corrected chi connectivity index (χ0v) is 10.5. The summed E-state index contributed by atoms with van der Waals surface area (Å²) >= 11 is 0. The number of carbonyl (C=O) groups is 1. The minimum atomic E-state index is -0.534. The predicted molar refractivity (Wildman–Crippen MR) is 62.0 cm³/mol. The van der Waals surface area contributed by atoms with Crippen LogP contribution >= 0.6 is 0 Å². The van der Waals surface area contributed by atoms with E-state index in [2.05, 4.69) is 0 Å². The minimum Gasteiger partial charge on any atom is -0.347 e. The highest BCUT2D eigenvalue weighted by Gasteiger charge is 2.31. The Morgan fingerprint density at radius 3 is 2.50 bits per heavy atom. The normalized spacial score (nSPS) is 23.9. The smallest absolute Gasteiger partial charge is 0.246 e. The van der Waals surface area contributed by atoms with Crippen molar-refractivity contribution in [3.8, 4) is 0 Å². The average Bonchev–Trinajstić information content (AvgIpc) is 2.57. The first kappa shape index (κ1) is 13.2. The van der Waals surface area contributed by atoms with Crippen LogP contribution in [0.2, 0.25) is 0 Å². The molecule has 1 amide bonds. The molecule has 0 aromatic carbocycles. The van der Waals surface area contributed by atoms with Gasteiger partial charge in [-0.3, -0.25) is 4.79 Å². The fraction of sp³-hybridized carbons (Fsp3) is 0.750. The molecule has 0 radical (unpaired) electrons. The van der Waals surface area contributed by atoms with Crippen molar-refractivity contribution in [3.63, 3.8) is 0 Å². The molecule has 0 aliphatic carbocycles. The van der Waals surface area contributed by atoms with E-state index in [9.17, 15) is 4.79 Å².